The van der Waals surface area contributed by atoms with Crippen LogP contribution < -0.4 is 10.4 Å². The Morgan fingerprint density at radius 2 is 1.80 bits per heavy atom. The molecule has 0 fully saturated rings. The first kappa shape index (κ1) is 20.2. The van der Waals surface area contributed by atoms with E-state index in [0.29, 0.717) is 33.9 Å². The molecule has 0 unspecified atom stereocenters. The van der Waals surface area contributed by atoms with E-state index in [2.05, 4.69) is 0 Å². The van der Waals surface area contributed by atoms with Crippen LogP contribution in [0.25, 0.3) is 11.0 Å². The summed E-state index contributed by atoms with van der Waals surface area (Å²) in [7, 11) is 0. The van der Waals surface area contributed by atoms with E-state index < -0.39 is 5.82 Å². The molecule has 30 heavy (non-hydrogen) atoms. The van der Waals surface area contributed by atoms with Crippen molar-refractivity contribution in [3.63, 3.8) is 0 Å². The average Bonchev–Trinajstić information content (AvgIpc) is 2.70. The first-order chi connectivity index (χ1) is 14.4. The number of aryl methyl sites for hydroxylation is 2. The Balaban J connectivity index is 1.77. The summed E-state index contributed by atoms with van der Waals surface area (Å²) in [6.45, 7) is 3.82. The lowest BCUT2D eigenvalue weighted by atomic mass is 9.98. The smallest absolute Gasteiger partial charge is 0.340 e. The molecule has 4 rings (SSSR count). The summed E-state index contributed by atoms with van der Waals surface area (Å²) >= 11 is 5.83. The molecule has 5 heteroatoms. The van der Waals surface area contributed by atoms with Gasteiger partial charge in [0.1, 0.15) is 23.8 Å². The lowest BCUT2D eigenvalue weighted by molar-refractivity contribution is 0.303. The third-order valence-corrected chi connectivity index (χ3v) is 5.34. The summed E-state index contributed by atoms with van der Waals surface area (Å²) in [5.74, 6) is 0.127. The van der Waals surface area contributed by atoms with Crippen molar-refractivity contribution in [3.05, 3.63) is 110 Å². The van der Waals surface area contributed by atoms with Crippen molar-refractivity contribution in [2.45, 2.75) is 26.9 Å². The maximum Gasteiger partial charge on any atom is 0.340 e. The van der Waals surface area contributed by atoms with Crippen molar-refractivity contribution < 1.29 is 13.5 Å². The van der Waals surface area contributed by atoms with E-state index in [9.17, 15) is 9.18 Å². The van der Waals surface area contributed by atoms with Gasteiger partial charge in [-0.05, 0) is 54.8 Å². The van der Waals surface area contributed by atoms with Crippen LogP contribution in [0.2, 0.25) is 5.02 Å². The Labute approximate surface area is 178 Å². The van der Waals surface area contributed by atoms with E-state index >= 15 is 0 Å². The fourth-order valence-electron chi connectivity index (χ4n) is 3.55. The molecule has 4 aromatic rings. The lowest BCUT2D eigenvalue weighted by Gasteiger charge is -2.14. The van der Waals surface area contributed by atoms with Gasteiger partial charge in [-0.2, -0.15) is 0 Å². The molecule has 3 nitrogen and oxygen atoms in total. The molecule has 1 heterocycles. The molecule has 0 aliphatic heterocycles. The van der Waals surface area contributed by atoms with E-state index in [1.54, 1.807) is 12.1 Å². The molecule has 152 valence electrons. The Kier molecular flexibility index (Phi) is 5.60. The number of fused-ring (bicyclic) bond motifs is 1. The van der Waals surface area contributed by atoms with Crippen LogP contribution in [-0.4, -0.2) is 0 Å². The number of hydrogen-bond donors (Lipinski definition) is 0. The van der Waals surface area contributed by atoms with Crippen molar-refractivity contribution in [3.8, 4) is 5.75 Å². The lowest BCUT2D eigenvalue weighted by Crippen LogP contribution is -2.11. The number of hydrogen-bond acceptors (Lipinski definition) is 3. The van der Waals surface area contributed by atoms with Gasteiger partial charge in [0, 0.05) is 22.6 Å². The molecule has 0 amide bonds. The van der Waals surface area contributed by atoms with Crippen molar-refractivity contribution >= 4 is 22.6 Å². The van der Waals surface area contributed by atoms with Crippen LogP contribution in [0.15, 0.2) is 69.9 Å². The van der Waals surface area contributed by atoms with Crippen molar-refractivity contribution in [2.75, 3.05) is 0 Å². The van der Waals surface area contributed by atoms with E-state index in [1.165, 1.54) is 6.07 Å². The van der Waals surface area contributed by atoms with Crippen molar-refractivity contribution in [2.24, 2.45) is 0 Å². The molecule has 3 aromatic carbocycles. The standard InChI is InChI=1S/C25H20ClFO3/c1-15-10-22(29-14-18-8-9-19(26)13-21(18)27)24-16(2)20(25(28)30-23(24)11-15)12-17-6-4-3-5-7-17/h3-11,13H,12,14H2,1-2H3. The molecule has 0 saturated heterocycles. The van der Waals surface area contributed by atoms with Crippen LogP contribution in [0, 0.1) is 19.7 Å². The number of benzene rings is 3. The predicted octanol–water partition coefficient (Wildman–Crippen LogP) is 6.37. The molecule has 0 radical (unpaired) electrons. The van der Waals surface area contributed by atoms with Crippen LogP contribution in [0.4, 0.5) is 4.39 Å². The molecule has 0 N–H and O–H groups in total. The fraction of sp³-hybridized carbons (Fsp3) is 0.160. The molecular weight excluding hydrogens is 403 g/mol. The Bertz CT molecular complexity index is 1280. The SMILES string of the molecule is Cc1cc(OCc2ccc(Cl)cc2F)c2c(C)c(Cc3ccccc3)c(=O)oc2c1. The van der Waals surface area contributed by atoms with Gasteiger partial charge < -0.3 is 9.15 Å². The van der Waals surface area contributed by atoms with Crippen LogP contribution in [0.5, 0.6) is 5.75 Å². The minimum absolute atomic E-state index is 0.0359. The molecule has 0 atom stereocenters. The zero-order valence-electron chi connectivity index (χ0n) is 16.7. The molecular formula is C25H20ClFO3. The summed E-state index contributed by atoms with van der Waals surface area (Å²) in [6.07, 6.45) is 0.462. The first-order valence-corrected chi connectivity index (χ1v) is 9.98. The maximum absolute atomic E-state index is 14.2. The Morgan fingerprint density at radius 1 is 1.03 bits per heavy atom. The van der Waals surface area contributed by atoms with Gasteiger partial charge in [-0.1, -0.05) is 48.0 Å². The van der Waals surface area contributed by atoms with Gasteiger partial charge in [-0.25, -0.2) is 9.18 Å². The summed E-state index contributed by atoms with van der Waals surface area (Å²) in [6, 6.07) is 17.9. The van der Waals surface area contributed by atoms with Crippen LogP contribution in [0.1, 0.15) is 27.8 Å². The number of rotatable bonds is 5. The molecule has 0 aliphatic carbocycles. The zero-order chi connectivity index (χ0) is 21.3. The summed E-state index contributed by atoms with van der Waals surface area (Å²) in [5, 5.41) is 1.06. The van der Waals surface area contributed by atoms with E-state index in [4.69, 9.17) is 20.8 Å². The van der Waals surface area contributed by atoms with E-state index in [0.717, 1.165) is 22.1 Å². The van der Waals surface area contributed by atoms with Gasteiger partial charge in [0.15, 0.2) is 0 Å². The van der Waals surface area contributed by atoms with Gasteiger partial charge >= 0.3 is 5.63 Å². The monoisotopic (exact) mass is 422 g/mol. The first-order valence-electron chi connectivity index (χ1n) is 9.60. The highest BCUT2D eigenvalue weighted by molar-refractivity contribution is 6.30. The topological polar surface area (TPSA) is 39.4 Å². The second kappa shape index (κ2) is 8.33. The number of ether oxygens (including phenoxy) is 1. The van der Waals surface area contributed by atoms with Gasteiger partial charge in [0.2, 0.25) is 0 Å². The average molecular weight is 423 g/mol. The minimum atomic E-state index is -0.424. The van der Waals surface area contributed by atoms with E-state index in [1.807, 2.05) is 56.3 Å². The minimum Gasteiger partial charge on any atom is -0.488 e. The van der Waals surface area contributed by atoms with Gasteiger partial charge in [0.25, 0.3) is 0 Å². The summed E-state index contributed by atoms with van der Waals surface area (Å²) < 4.78 is 25.8. The third-order valence-electron chi connectivity index (χ3n) is 5.11. The second-order valence-electron chi connectivity index (χ2n) is 7.32. The van der Waals surface area contributed by atoms with Crippen LogP contribution in [0.3, 0.4) is 0 Å². The molecule has 0 aliphatic rings. The van der Waals surface area contributed by atoms with Crippen LogP contribution >= 0.6 is 11.6 Å². The highest BCUT2D eigenvalue weighted by Crippen LogP contribution is 2.32. The summed E-state index contributed by atoms with van der Waals surface area (Å²) in [5.41, 5.74) is 3.79. The maximum atomic E-state index is 14.2. The third kappa shape index (κ3) is 4.10. The highest BCUT2D eigenvalue weighted by atomic mass is 35.5. The van der Waals surface area contributed by atoms with Crippen molar-refractivity contribution in [1.82, 2.24) is 0 Å². The second-order valence-corrected chi connectivity index (χ2v) is 7.75. The highest BCUT2D eigenvalue weighted by Gasteiger charge is 2.17. The molecule has 0 saturated carbocycles. The Hall–Kier alpha value is -3.11. The fourth-order valence-corrected chi connectivity index (χ4v) is 3.71. The van der Waals surface area contributed by atoms with E-state index in [-0.39, 0.29) is 12.2 Å². The van der Waals surface area contributed by atoms with Gasteiger partial charge in [0.05, 0.1) is 5.39 Å². The molecule has 1 aromatic heterocycles. The normalized spacial score (nSPS) is 11.1. The summed E-state index contributed by atoms with van der Waals surface area (Å²) in [4.78, 5) is 12.7. The van der Waals surface area contributed by atoms with Crippen LogP contribution in [-0.2, 0) is 13.0 Å². The quantitative estimate of drug-likeness (QED) is 0.351. The Morgan fingerprint density at radius 3 is 2.53 bits per heavy atom. The largest absolute Gasteiger partial charge is 0.488 e. The predicted molar refractivity (Wildman–Crippen MR) is 117 cm³/mol. The molecule has 0 bridgehead atoms. The van der Waals surface area contributed by atoms with Crippen molar-refractivity contribution in [1.29, 1.82) is 0 Å². The van der Waals surface area contributed by atoms with Gasteiger partial charge in [-0.3, -0.25) is 0 Å². The number of halogens is 2. The molecule has 0 spiro atoms. The van der Waals surface area contributed by atoms with Gasteiger partial charge in [-0.15, -0.1) is 0 Å². The zero-order valence-corrected chi connectivity index (χ0v) is 17.4.